The summed E-state index contributed by atoms with van der Waals surface area (Å²) in [7, 11) is 0. The van der Waals surface area contributed by atoms with Gasteiger partial charge >= 0.3 is 5.97 Å². The standard InChI is InChI=1S/C9H6F4O2/c1-2-15-9(14)4-3-5(10)7(12)8(13)6(4)11/h3H,2H2,1H3. The number of carbonyl (C=O) groups is 1. The summed E-state index contributed by atoms with van der Waals surface area (Å²) in [5.41, 5.74) is -0.965. The van der Waals surface area contributed by atoms with Gasteiger partial charge in [-0.05, 0) is 13.0 Å². The summed E-state index contributed by atoms with van der Waals surface area (Å²) in [6.07, 6.45) is 0. The molecule has 0 aliphatic rings. The summed E-state index contributed by atoms with van der Waals surface area (Å²) in [6, 6.07) is 0.256. The molecule has 0 aliphatic heterocycles. The van der Waals surface area contributed by atoms with Crippen molar-refractivity contribution < 1.29 is 27.1 Å². The highest BCUT2D eigenvalue weighted by Crippen LogP contribution is 2.19. The van der Waals surface area contributed by atoms with E-state index in [9.17, 15) is 22.4 Å². The second kappa shape index (κ2) is 4.29. The maximum atomic E-state index is 12.9. The minimum absolute atomic E-state index is 0.0844. The fourth-order valence-corrected chi connectivity index (χ4v) is 0.930. The summed E-state index contributed by atoms with van der Waals surface area (Å²) in [6.45, 7) is 1.35. The molecule has 2 nitrogen and oxygen atoms in total. The molecular weight excluding hydrogens is 216 g/mol. The van der Waals surface area contributed by atoms with Crippen molar-refractivity contribution in [1.82, 2.24) is 0 Å². The zero-order valence-corrected chi connectivity index (χ0v) is 7.61. The number of ether oxygens (including phenoxy) is 1. The van der Waals surface area contributed by atoms with Crippen molar-refractivity contribution in [3.63, 3.8) is 0 Å². The molecule has 0 aliphatic carbocycles. The van der Waals surface area contributed by atoms with Crippen molar-refractivity contribution in [2.24, 2.45) is 0 Å². The van der Waals surface area contributed by atoms with Crippen LogP contribution < -0.4 is 0 Å². The molecule has 0 fully saturated rings. The van der Waals surface area contributed by atoms with Gasteiger partial charge in [0.05, 0.1) is 6.61 Å². The zero-order chi connectivity index (χ0) is 11.6. The van der Waals surface area contributed by atoms with Crippen LogP contribution in [-0.4, -0.2) is 12.6 Å². The van der Waals surface area contributed by atoms with Gasteiger partial charge in [-0.2, -0.15) is 0 Å². The molecule has 0 radical (unpaired) electrons. The average Bonchev–Trinajstić information content (AvgIpc) is 2.20. The second-order valence-corrected chi connectivity index (χ2v) is 2.57. The third kappa shape index (κ3) is 2.08. The van der Waals surface area contributed by atoms with E-state index in [0.717, 1.165) is 0 Å². The van der Waals surface area contributed by atoms with Crippen LogP contribution in [0.3, 0.4) is 0 Å². The molecule has 0 heterocycles. The van der Waals surface area contributed by atoms with Crippen molar-refractivity contribution >= 4 is 5.97 Å². The van der Waals surface area contributed by atoms with E-state index in [1.54, 1.807) is 0 Å². The Bertz CT molecular complexity index is 404. The first-order valence-electron chi connectivity index (χ1n) is 3.99. The number of hydrogen-bond acceptors (Lipinski definition) is 2. The lowest BCUT2D eigenvalue weighted by Gasteiger charge is -2.04. The van der Waals surface area contributed by atoms with Gasteiger partial charge < -0.3 is 4.74 Å². The predicted octanol–water partition coefficient (Wildman–Crippen LogP) is 2.42. The summed E-state index contributed by atoms with van der Waals surface area (Å²) >= 11 is 0. The van der Waals surface area contributed by atoms with Gasteiger partial charge in [0.1, 0.15) is 5.56 Å². The normalized spacial score (nSPS) is 10.2. The van der Waals surface area contributed by atoms with E-state index in [-0.39, 0.29) is 12.7 Å². The van der Waals surface area contributed by atoms with Crippen LogP contribution in [0.15, 0.2) is 6.07 Å². The van der Waals surface area contributed by atoms with Crippen LogP contribution in [0.2, 0.25) is 0 Å². The minimum Gasteiger partial charge on any atom is -0.462 e. The summed E-state index contributed by atoms with van der Waals surface area (Å²) in [4.78, 5) is 11.0. The highest BCUT2D eigenvalue weighted by Gasteiger charge is 2.23. The van der Waals surface area contributed by atoms with E-state index in [0.29, 0.717) is 0 Å². The van der Waals surface area contributed by atoms with E-state index in [1.165, 1.54) is 6.92 Å². The molecule has 1 aromatic carbocycles. The Balaban J connectivity index is 3.26. The third-order valence-corrected chi connectivity index (χ3v) is 1.60. The Labute approximate surface area is 82.5 Å². The van der Waals surface area contributed by atoms with Gasteiger partial charge in [0.2, 0.25) is 0 Å². The zero-order valence-electron chi connectivity index (χ0n) is 7.61. The van der Waals surface area contributed by atoms with Crippen molar-refractivity contribution in [2.45, 2.75) is 6.92 Å². The first kappa shape index (κ1) is 11.5. The molecule has 6 heteroatoms. The summed E-state index contributed by atoms with van der Waals surface area (Å²) < 4.78 is 55.0. The monoisotopic (exact) mass is 222 g/mol. The number of esters is 1. The predicted molar refractivity (Wildman–Crippen MR) is 42.2 cm³/mol. The molecule has 0 spiro atoms. The molecule has 0 aromatic heterocycles. The lowest BCUT2D eigenvalue weighted by molar-refractivity contribution is 0.0518. The molecule has 0 unspecified atom stereocenters. The van der Waals surface area contributed by atoms with E-state index in [4.69, 9.17) is 0 Å². The number of carbonyl (C=O) groups excluding carboxylic acids is 1. The van der Waals surface area contributed by atoms with Crippen LogP contribution in [0.5, 0.6) is 0 Å². The Hall–Kier alpha value is -1.59. The first-order chi connectivity index (χ1) is 6.99. The molecular formula is C9H6F4O2. The first-order valence-corrected chi connectivity index (χ1v) is 3.99. The Morgan fingerprint density at radius 2 is 1.80 bits per heavy atom. The SMILES string of the molecule is CCOC(=O)c1cc(F)c(F)c(F)c1F. The lowest BCUT2D eigenvalue weighted by atomic mass is 10.2. The topological polar surface area (TPSA) is 26.3 Å². The number of halogens is 4. The van der Waals surface area contributed by atoms with Crippen LogP contribution >= 0.6 is 0 Å². The van der Waals surface area contributed by atoms with Crippen LogP contribution in [0.4, 0.5) is 17.6 Å². The Morgan fingerprint density at radius 3 is 2.33 bits per heavy atom. The maximum absolute atomic E-state index is 12.9. The fourth-order valence-electron chi connectivity index (χ4n) is 0.930. The smallest absolute Gasteiger partial charge is 0.341 e. The van der Waals surface area contributed by atoms with E-state index in [1.807, 2.05) is 0 Å². The van der Waals surface area contributed by atoms with E-state index < -0.39 is 34.8 Å². The van der Waals surface area contributed by atoms with Gasteiger partial charge in [-0.15, -0.1) is 0 Å². The quantitative estimate of drug-likeness (QED) is 0.332. The molecule has 0 atom stereocenters. The molecule has 82 valence electrons. The molecule has 0 amide bonds. The highest BCUT2D eigenvalue weighted by molar-refractivity contribution is 5.89. The Morgan fingerprint density at radius 1 is 1.20 bits per heavy atom. The van der Waals surface area contributed by atoms with Crippen molar-refractivity contribution in [3.8, 4) is 0 Å². The van der Waals surface area contributed by atoms with Crippen molar-refractivity contribution in [1.29, 1.82) is 0 Å². The minimum atomic E-state index is -2.03. The van der Waals surface area contributed by atoms with E-state index in [2.05, 4.69) is 4.74 Å². The highest BCUT2D eigenvalue weighted by atomic mass is 19.2. The van der Waals surface area contributed by atoms with Crippen LogP contribution in [0.1, 0.15) is 17.3 Å². The average molecular weight is 222 g/mol. The van der Waals surface area contributed by atoms with Gasteiger partial charge in [-0.1, -0.05) is 0 Å². The largest absolute Gasteiger partial charge is 0.462 e. The van der Waals surface area contributed by atoms with Gasteiger partial charge in [0, 0.05) is 0 Å². The summed E-state index contributed by atoms with van der Waals surface area (Å²) in [5, 5.41) is 0. The van der Waals surface area contributed by atoms with E-state index >= 15 is 0 Å². The van der Waals surface area contributed by atoms with Gasteiger partial charge in [0.25, 0.3) is 0 Å². The fraction of sp³-hybridized carbons (Fsp3) is 0.222. The van der Waals surface area contributed by atoms with Crippen molar-refractivity contribution in [3.05, 3.63) is 34.9 Å². The van der Waals surface area contributed by atoms with Crippen LogP contribution in [-0.2, 0) is 4.74 Å². The molecule has 0 bridgehead atoms. The summed E-state index contributed by atoms with van der Waals surface area (Å²) in [5.74, 6) is -8.63. The van der Waals surface area contributed by atoms with Crippen LogP contribution in [0.25, 0.3) is 0 Å². The van der Waals surface area contributed by atoms with Crippen molar-refractivity contribution in [2.75, 3.05) is 6.61 Å². The molecule has 15 heavy (non-hydrogen) atoms. The molecule has 0 saturated heterocycles. The molecule has 0 N–H and O–H groups in total. The number of benzene rings is 1. The maximum Gasteiger partial charge on any atom is 0.341 e. The second-order valence-electron chi connectivity index (χ2n) is 2.57. The van der Waals surface area contributed by atoms with Gasteiger partial charge in [0.15, 0.2) is 23.3 Å². The molecule has 1 rings (SSSR count). The third-order valence-electron chi connectivity index (χ3n) is 1.60. The van der Waals surface area contributed by atoms with Gasteiger partial charge in [-0.25, -0.2) is 22.4 Å². The molecule has 0 saturated carbocycles. The number of hydrogen-bond donors (Lipinski definition) is 0. The molecule has 1 aromatic rings. The van der Waals surface area contributed by atoms with Crippen LogP contribution in [0, 0.1) is 23.3 Å². The van der Waals surface area contributed by atoms with Gasteiger partial charge in [-0.3, -0.25) is 0 Å². The lowest BCUT2D eigenvalue weighted by Crippen LogP contribution is -2.11. The Kier molecular flexibility index (Phi) is 3.28. The number of rotatable bonds is 2.